The van der Waals surface area contributed by atoms with Gasteiger partial charge in [0.2, 0.25) is 0 Å². The lowest BCUT2D eigenvalue weighted by molar-refractivity contribution is 1.41. The minimum absolute atomic E-state index is 0.293. The van der Waals surface area contributed by atoms with Crippen molar-refractivity contribution in [1.82, 2.24) is 4.98 Å². The van der Waals surface area contributed by atoms with Crippen molar-refractivity contribution in [1.29, 1.82) is 0 Å². The topological polar surface area (TPSA) is 50.9 Å². The maximum Gasteiger partial charge on any atom is 0.105 e. The molecule has 3 nitrogen and oxygen atoms in total. The van der Waals surface area contributed by atoms with Crippen LogP contribution in [0.4, 0.5) is 11.4 Å². The first-order valence-corrected chi connectivity index (χ1v) is 7.14. The molecule has 0 spiro atoms. The van der Waals surface area contributed by atoms with Crippen molar-refractivity contribution in [3.05, 3.63) is 65.3 Å². The molecule has 0 saturated carbocycles. The standard InChI is InChI=1S/C16H12ClN3S/c17-13-9-10(6-7-11(13)16(18)21)20-15-5-1-4-14-12(15)3-2-8-19-14/h1-9,20H,(H2,18,21). The average molecular weight is 314 g/mol. The van der Waals surface area contributed by atoms with E-state index in [1.54, 1.807) is 6.20 Å². The Morgan fingerprint density at radius 1 is 1.14 bits per heavy atom. The Morgan fingerprint density at radius 2 is 2.00 bits per heavy atom. The van der Waals surface area contributed by atoms with E-state index in [1.165, 1.54) is 0 Å². The lowest BCUT2D eigenvalue weighted by Gasteiger charge is -2.11. The number of rotatable bonds is 3. The third kappa shape index (κ3) is 2.82. The molecule has 104 valence electrons. The number of pyridine rings is 1. The zero-order chi connectivity index (χ0) is 14.8. The van der Waals surface area contributed by atoms with Crippen LogP contribution >= 0.6 is 23.8 Å². The number of anilines is 2. The highest BCUT2D eigenvalue weighted by molar-refractivity contribution is 7.80. The molecule has 5 heteroatoms. The molecule has 0 aliphatic carbocycles. The van der Waals surface area contributed by atoms with Crippen molar-refractivity contribution >= 4 is 51.1 Å². The minimum atomic E-state index is 0.293. The van der Waals surface area contributed by atoms with Gasteiger partial charge in [-0.3, -0.25) is 4.98 Å². The monoisotopic (exact) mass is 313 g/mol. The lowest BCUT2D eigenvalue weighted by atomic mass is 10.1. The number of aromatic nitrogens is 1. The number of thiocarbonyl (C=S) groups is 1. The second-order valence-electron chi connectivity index (χ2n) is 4.56. The van der Waals surface area contributed by atoms with Gasteiger partial charge in [0.15, 0.2) is 0 Å². The number of fused-ring (bicyclic) bond motifs is 1. The molecule has 1 aromatic heterocycles. The fourth-order valence-corrected chi connectivity index (χ4v) is 2.68. The molecule has 0 unspecified atom stereocenters. The SMILES string of the molecule is NC(=S)c1ccc(Nc2cccc3ncccc23)cc1Cl. The molecular weight excluding hydrogens is 302 g/mol. The van der Waals surface area contributed by atoms with E-state index < -0.39 is 0 Å². The number of nitrogens with zero attached hydrogens (tertiary/aromatic N) is 1. The van der Waals surface area contributed by atoms with E-state index in [2.05, 4.69) is 10.3 Å². The van der Waals surface area contributed by atoms with E-state index in [-0.39, 0.29) is 0 Å². The molecule has 2 aromatic carbocycles. The fourth-order valence-electron chi connectivity index (χ4n) is 2.16. The Bertz CT molecular complexity index is 827. The summed E-state index contributed by atoms with van der Waals surface area (Å²) in [7, 11) is 0. The molecule has 0 atom stereocenters. The van der Waals surface area contributed by atoms with Crippen LogP contribution in [-0.4, -0.2) is 9.97 Å². The van der Waals surface area contributed by atoms with Crippen molar-refractivity contribution in [2.24, 2.45) is 5.73 Å². The molecule has 0 saturated heterocycles. The van der Waals surface area contributed by atoms with Crippen LogP contribution in [0.5, 0.6) is 0 Å². The van der Waals surface area contributed by atoms with E-state index in [0.717, 1.165) is 22.3 Å². The number of nitrogens with two attached hydrogens (primary N) is 1. The third-order valence-corrected chi connectivity index (χ3v) is 3.69. The molecule has 0 radical (unpaired) electrons. The van der Waals surface area contributed by atoms with E-state index in [1.807, 2.05) is 48.5 Å². The van der Waals surface area contributed by atoms with Gasteiger partial charge in [0.1, 0.15) is 4.99 Å². The van der Waals surface area contributed by atoms with E-state index >= 15 is 0 Å². The zero-order valence-electron chi connectivity index (χ0n) is 11.0. The van der Waals surface area contributed by atoms with Crippen molar-refractivity contribution in [2.45, 2.75) is 0 Å². The van der Waals surface area contributed by atoms with Crippen LogP contribution in [0.15, 0.2) is 54.7 Å². The van der Waals surface area contributed by atoms with Crippen LogP contribution in [0.25, 0.3) is 10.9 Å². The average Bonchev–Trinajstić information content (AvgIpc) is 2.47. The van der Waals surface area contributed by atoms with Crippen LogP contribution in [-0.2, 0) is 0 Å². The smallest absolute Gasteiger partial charge is 0.105 e. The maximum absolute atomic E-state index is 6.19. The number of halogens is 1. The summed E-state index contributed by atoms with van der Waals surface area (Å²) in [5.74, 6) is 0. The first kappa shape index (κ1) is 13.8. The molecule has 0 aliphatic heterocycles. The summed E-state index contributed by atoms with van der Waals surface area (Å²) in [5, 5.41) is 4.93. The molecule has 21 heavy (non-hydrogen) atoms. The molecule has 3 N–H and O–H groups in total. The van der Waals surface area contributed by atoms with Gasteiger partial charge in [0, 0.05) is 28.5 Å². The normalized spacial score (nSPS) is 10.5. The van der Waals surface area contributed by atoms with Crippen LogP contribution < -0.4 is 11.1 Å². The molecule has 3 aromatic rings. The van der Waals surface area contributed by atoms with Crippen molar-refractivity contribution < 1.29 is 0 Å². The first-order valence-electron chi connectivity index (χ1n) is 6.35. The highest BCUT2D eigenvalue weighted by Crippen LogP contribution is 2.27. The largest absolute Gasteiger partial charge is 0.389 e. The van der Waals surface area contributed by atoms with Crippen LogP contribution in [0.2, 0.25) is 5.02 Å². The number of hydrogen-bond donors (Lipinski definition) is 2. The zero-order valence-corrected chi connectivity index (χ0v) is 12.6. The molecule has 1 heterocycles. The molecule has 3 rings (SSSR count). The summed E-state index contributed by atoms with van der Waals surface area (Å²) < 4.78 is 0. The second kappa shape index (κ2) is 5.68. The van der Waals surface area contributed by atoms with Crippen molar-refractivity contribution in [3.63, 3.8) is 0 Å². The Morgan fingerprint density at radius 3 is 2.76 bits per heavy atom. The van der Waals surface area contributed by atoms with Gasteiger partial charge in [-0.05, 0) is 42.5 Å². The van der Waals surface area contributed by atoms with Crippen molar-refractivity contribution in [2.75, 3.05) is 5.32 Å². The van der Waals surface area contributed by atoms with Gasteiger partial charge in [-0.1, -0.05) is 29.9 Å². The number of benzene rings is 2. The fraction of sp³-hybridized carbons (Fsp3) is 0. The Balaban J connectivity index is 1.99. The number of nitrogens with one attached hydrogen (secondary N) is 1. The van der Waals surface area contributed by atoms with Gasteiger partial charge in [0.25, 0.3) is 0 Å². The molecule has 0 bridgehead atoms. The van der Waals surface area contributed by atoms with Crippen molar-refractivity contribution in [3.8, 4) is 0 Å². The second-order valence-corrected chi connectivity index (χ2v) is 5.41. The predicted octanol–water partition coefficient (Wildman–Crippen LogP) is 4.27. The van der Waals surface area contributed by atoms with E-state index in [0.29, 0.717) is 15.6 Å². The minimum Gasteiger partial charge on any atom is -0.389 e. The Hall–Kier alpha value is -2.17. The van der Waals surface area contributed by atoms with Crippen LogP contribution in [0.3, 0.4) is 0 Å². The Labute approximate surface area is 132 Å². The summed E-state index contributed by atoms with van der Waals surface area (Å²) in [6, 6.07) is 15.4. The van der Waals surface area contributed by atoms with Gasteiger partial charge < -0.3 is 11.1 Å². The van der Waals surface area contributed by atoms with E-state index in [9.17, 15) is 0 Å². The third-order valence-electron chi connectivity index (χ3n) is 3.16. The predicted molar refractivity (Wildman–Crippen MR) is 92.4 cm³/mol. The molecule has 0 fully saturated rings. The van der Waals surface area contributed by atoms with Gasteiger partial charge in [-0.2, -0.15) is 0 Å². The van der Waals surface area contributed by atoms with Gasteiger partial charge >= 0.3 is 0 Å². The summed E-state index contributed by atoms with van der Waals surface area (Å²) >= 11 is 11.1. The summed E-state index contributed by atoms with van der Waals surface area (Å²) in [4.78, 5) is 4.63. The van der Waals surface area contributed by atoms with Gasteiger partial charge in [0.05, 0.1) is 10.5 Å². The van der Waals surface area contributed by atoms with Crippen LogP contribution in [0, 0.1) is 0 Å². The molecule has 0 aliphatic rings. The summed E-state index contributed by atoms with van der Waals surface area (Å²) in [6.45, 7) is 0. The quantitative estimate of drug-likeness (QED) is 0.709. The number of hydrogen-bond acceptors (Lipinski definition) is 3. The highest BCUT2D eigenvalue weighted by Gasteiger charge is 2.06. The summed E-state index contributed by atoms with van der Waals surface area (Å²) in [5.41, 5.74) is 9.07. The first-order chi connectivity index (χ1) is 10.1. The lowest BCUT2D eigenvalue weighted by Crippen LogP contribution is -2.09. The Kier molecular flexibility index (Phi) is 3.73. The molecular formula is C16H12ClN3S. The van der Waals surface area contributed by atoms with Gasteiger partial charge in [-0.25, -0.2) is 0 Å². The maximum atomic E-state index is 6.19. The summed E-state index contributed by atoms with van der Waals surface area (Å²) in [6.07, 6.45) is 1.78. The molecule has 0 amide bonds. The van der Waals surface area contributed by atoms with Gasteiger partial charge in [-0.15, -0.1) is 0 Å². The van der Waals surface area contributed by atoms with Crippen LogP contribution in [0.1, 0.15) is 5.56 Å². The highest BCUT2D eigenvalue weighted by atomic mass is 35.5. The van der Waals surface area contributed by atoms with E-state index in [4.69, 9.17) is 29.6 Å².